The summed E-state index contributed by atoms with van der Waals surface area (Å²) in [4.78, 5) is 4.64. The summed E-state index contributed by atoms with van der Waals surface area (Å²) >= 11 is 0. The van der Waals surface area contributed by atoms with Crippen LogP contribution in [0.2, 0.25) is 0 Å². The molecule has 5 nitrogen and oxygen atoms in total. The molecule has 5 heteroatoms. The van der Waals surface area contributed by atoms with Gasteiger partial charge in [0.1, 0.15) is 11.7 Å². The molecule has 1 unspecified atom stereocenters. The van der Waals surface area contributed by atoms with Crippen LogP contribution < -0.4 is 22.0 Å². The van der Waals surface area contributed by atoms with Crippen molar-refractivity contribution < 1.29 is 0 Å². The van der Waals surface area contributed by atoms with E-state index in [-0.39, 0.29) is 11.7 Å². The normalized spacial score (nSPS) is 19.2. The van der Waals surface area contributed by atoms with Gasteiger partial charge in [-0.3, -0.25) is 15.8 Å². The largest absolute Gasteiger partial charge is 0.385 e. The van der Waals surface area contributed by atoms with Gasteiger partial charge in [-0.2, -0.15) is 0 Å². The van der Waals surface area contributed by atoms with Crippen LogP contribution in [0.4, 0.5) is 0 Å². The summed E-state index contributed by atoms with van der Waals surface area (Å²) < 4.78 is 0. The quantitative estimate of drug-likeness (QED) is 0.475. The Hall–Kier alpha value is -2.95. The van der Waals surface area contributed by atoms with Gasteiger partial charge in [0.05, 0.1) is 5.36 Å². The first-order valence-electron chi connectivity index (χ1n) is 6.50. The average Bonchev–Trinajstić information content (AvgIpc) is 2.88. The van der Waals surface area contributed by atoms with Gasteiger partial charge in [0.25, 0.3) is 0 Å². The van der Waals surface area contributed by atoms with Crippen LogP contribution in [-0.2, 0) is 5.54 Å². The first-order valence-corrected chi connectivity index (χ1v) is 6.50. The Kier molecular flexibility index (Phi) is 2.83. The van der Waals surface area contributed by atoms with Gasteiger partial charge in [-0.1, -0.05) is 30.3 Å². The molecule has 0 radical (unpaired) electrons. The average molecular weight is 277 g/mol. The Labute approximate surface area is 121 Å². The van der Waals surface area contributed by atoms with Gasteiger partial charge < -0.3 is 11.5 Å². The number of nitrogen functional groups attached to an aromatic ring is 1. The van der Waals surface area contributed by atoms with Crippen LogP contribution in [0.5, 0.6) is 0 Å². The van der Waals surface area contributed by atoms with E-state index in [9.17, 15) is 0 Å². The number of nitrogens with two attached hydrogens (primary N) is 2. The highest BCUT2D eigenvalue weighted by molar-refractivity contribution is 5.97. The van der Waals surface area contributed by atoms with Crippen molar-refractivity contribution >= 4 is 17.7 Å². The van der Waals surface area contributed by atoms with Crippen molar-refractivity contribution in [2.24, 2.45) is 16.5 Å². The minimum atomic E-state index is -0.973. The standard InChI is InChI=1S/C16H15N5/c17-14(18)10-6-7-13-11(8-10)9-16(21-13,15(19)20)12-4-2-1-3-5-12/h1-9H,(H3,17,18)(H3,19,20). The van der Waals surface area contributed by atoms with E-state index in [4.69, 9.17) is 22.3 Å². The molecule has 6 N–H and O–H groups in total. The molecule has 0 saturated heterocycles. The number of nitrogens with one attached hydrogen (secondary N) is 2. The summed E-state index contributed by atoms with van der Waals surface area (Å²) in [6.07, 6.45) is 1.85. The maximum Gasteiger partial charge on any atom is 0.162 e. The molecule has 104 valence electrons. The molecule has 21 heavy (non-hydrogen) atoms. The minimum absolute atomic E-state index is 0.00577. The lowest BCUT2D eigenvalue weighted by atomic mass is 9.89. The van der Waals surface area contributed by atoms with Gasteiger partial charge in [-0.15, -0.1) is 0 Å². The van der Waals surface area contributed by atoms with Crippen molar-refractivity contribution in [3.8, 4) is 0 Å². The molecule has 1 heterocycles. The predicted octanol–water partition coefficient (Wildman–Crippen LogP) is 0.216. The van der Waals surface area contributed by atoms with Gasteiger partial charge in [-0.25, -0.2) is 0 Å². The highest BCUT2D eigenvalue weighted by Gasteiger charge is 2.35. The molecule has 3 rings (SSSR count). The Morgan fingerprint density at radius 1 is 1.00 bits per heavy atom. The third-order valence-electron chi connectivity index (χ3n) is 3.62. The fraction of sp³-hybridized carbons (Fsp3) is 0.0625. The lowest BCUT2D eigenvalue weighted by molar-refractivity contribution is 0.783. The van der Waals surface area contributed by atoms with Crippen molar-refractivity contribution in [1.82, 2.24) is 0 Å². The van der Waals surface area contributed by atoms with E-state index < -0.39 is 5.54 Å². The third kappa shape index (κ3) is 1.99. The number of rotatable bonds is 3. The monoisotopic (exact) mass is 277 g/mol. The molecule has 1 atom stereocenters. The Bertz CT molecular complexity index is 854. The lowest BCUT2D eigenvalue weighted by Crippen LogP contribution is -2.36. The zero-order valence-electron chi connectivity index (χ0n) is 11.3. The maximum atomic E-state index is 7.98. The molecule has 0 spiro atoms. The van der Waals surface area contributed by atoms with Crippen molar-refractivity contribution in [3.05, 3.63) is 70.2 Å². The van der Waals surface area contributed by atoms with Crippen LogP contribution in [-0.4, -0.2) is 11.7 Å². The number of hydrogen-bond acceptors (Lipinski definition) is 3. The lowest BCUT2D eigenvalue weighted by Gasteiger charge is -2.23. The van der Waals surface area contributed by atoms with E-state index >= 15 is 0 Å². The number of hydrogen-bond donors (Lipinski definition) is 4. The molecule has 0 fully saturated rings. The molecule has 0 aliphatic carbocycles. The number of nitrogens with zero attached hydrogens (tertiary/aromatic N) is 1. The van der Waals surface area contributed by atoms with E-state index in [1.54, 1.807) is 18.2 Å². The van der Waals surface area contributed by atoms with Gasteiger partial charge >= 0.3 is 0 Å². The van der Waals surface area contributed by atoms with Crippen molar-refractivity contribution in [2.45, 2.75) is 5.54 Å². The van der Waals surface area contributed by atoms with E-state index in [0.29, 0.717) is 5.56 Å². The number of fused-ring (bicyclic) bond motifs is 1. The molecule has 0 saturated carbocycles. The molecule has 0 aromatic heterocycles. The van der Waals surface area contributed by atoms with Crippen LogP contribution >= 0.6 is 0 Å². The number of benzene rings is 2. The summed E-state index contributed by atoms with van der Waals surface area (Å²) in [5, 5.41) is 17.1. The molecule has 1 aliphatic heterocycles. The Morgan fingerprint density at radius 3 is 2.33 bits per heavy atom. The van der Waals surface area contributed by atoms with Crippen molar-refractivity contribution in [3.63, 3.8) is 0 Å². The molecule has 2 aromatic rings. The zero-order valence-corrected chi connectivity index (χ0v) is 11.3. The van der Waals surface area contributed by atoms with Gasteiger partial charge in [0.15, 0.2) is 5.54 Å². The van der Waals surface area contributed by atoms with Gasteiger partial charge in [0, 0.05) is 5.56 Å². The summed E-state index contributed by atoms with van der Waals surface area (Å²) in [5.74, 6) is -0.0273. The summed E-state index contributed by atoms with van der Waals surface area (Å²) in [6.45, 7) is 0. The molecule has 2 aromatic carbocycles. The SMILES string of the molecule is N=C(N)c1ccc2c(c1)=CC(C(=N)N)(c1ccccc1)N=2. The van der Waals surface area contributed by atoms with Crippen LogP contribution in [0.15, 0.2) is 53.5 Å². The zero-order chi connectivity index (χ0) is 15.0. The topological polar surface area (TPSA) is 112 Å². The molecule has 1 aliphatic rings. The minimum Gasteiger partial charge on any atom is -0.385 e. The molecule has 0 amide bonds. The van der Waals surface area contributed by atoms with Crippen LogP contribution in [0.3, 0.4) is 0 Å². The predicted molar refractivity (Wildman–Crippen MR) is 82.7 cm³/mol. The summed E-state index contributed by atoms with van der Waals surface area (Å²) in [7, 11) is 0. The summed E-state index contributed by atoms with van der Waals surface area (Å²) in [6, 6.07) is 14.9. The second kappa shape index (κ2) is 4.56. The second-order valence-electron chi connectivity index (χ2n) is 4.99. The van der Waals surface area contributed by atoms with E-state index in [1.807, 2.05) is 36.4 Å². The fourth-order valence-electron chi connectivity index (χ4n) is 2.52. The fourth-order valence-corrected chi connectivity index (χ4v) is 2.52. The Balaban J connectivity index is 2.27. The van der Waals surface area contributed by atoms with Crippen LogP contribution in [0, 0.1) is 10.8 Å². The van der Waals surface area contributed by atoms with E-state index in [2.05, 4.69) is 4.99 Å². The summed E-state index contributed by atoms with van der Waals surface area (Å²) in [5.41, 5.74) is 11.9. The first kappa shape index (κ1) is 13.1. The van der Waals surface area contributed by atoms with E-state index in [0.717, 1.165) is 16.1 Å². The smallest absolute Gasteiger partial charge is 0.162 e. The first-order chi connectivity index (χ1) is 10.0. The number of amidine groups is 2. The van der Waals surface area contributed by atoms with Crippen LogP contribution in [0.1, 0.15) is 11.1 Å². The Morgan fingerprint density at radius 2 is 1.71 bits per heavy atom. The van der Waals surface area contributed by atoms with Gasteiger partial charge in [-0.05, 0) is 35.1 Å². The second-order valence-corrected chi connectivity index (χ2v) is 4.99. The maximum absolute atomic E-state index is 7.98. The van der Waals surface area contributed by atoms with Gasteiger partial charge in [0.2, 0.25) is 0 Å². The molecule has 0 bridgehead atoms. The third-order valence-corrected chi connectivity index (χ3v) is 3.62. The van der Waals surface area contributed by atoms with E-state index in [1.165, 1.54) is 0 Å². The van der Waals surface area contributed by atoms with Crippen molar-refractivity contribution in [1.29, 1.82) is 10.8 Å². The molecular weight excluding hydrogens is 262 g/mol. The highest BCUT2D eigenvalue weighted by atomic mass is 15.0. The van der Waals surface area contributed by atoms with Crippen LogP contribution in [0.25, 0.3) is 6.08 Å². The van der Waals surface area contributed by atoms with Crippen molar-refractivity contribution in [2.75, 3.05) is 0 Å². The highest BCUT2D eigenvalue weighted by Crippen LogP contribution is 2.28. The molecular formula is C16H15N5.